The molecular formula is C24H23N3O4S. The number of amides is 1. The molecule has 0 N–H and O–H groups in total. The Balaban J connectivity index is 1.70. The SMILES string of the molecule is COc1ccccc1Cn1c(=O)c2sccc2n(CC(=O)N(C)Cc2ccccc2)c1=O. The smallest absolute Gasteiger partial charge is 0.332 e. The van der Waals surface area contributed by atoms with Crippen LogP contribution in [-0.4, -0.2) is 34.1 Å². The molecule has 32 heavy (non-hydrogen) atoms. The summed E-state index contributed by atoms with van der Waals surface area (Å²) in [6.45, 7) is 0.341. The molecule has 0 saturated carbocycles. The van der Waals surface area contributed by atoms with E-state index in [0.717, 1.165) is 5.56 Å². The molecule has 0 aliphatic rings. The fraction of sp³-hybridized carbons (Fsp3) is 0.208. The highest BCUT2D eigenvalue weighted by molar-refractivity contribution is 7.17. The van der Waals surface area contributed by atoms with Crippen LogP contribution in [0, 0.1) is 0 Å². The number of benzene rings is 2. The number of carbonyl (C=O) groups is 1. The van der Waals surface area contributed by atoms with Crippen LogP contribution in [-0.2, 0) is 24.4 Å². The minimum Gasteiger partial charge on any atom is -0.496 e. The number of rotatable bonds is 7. The standard InChI is InChI=1S/C24H23N3O4S/c1-25(14-17-8-4-3-5-9-17)21(28)16-26-19-12-13-32-22(19)23(29)27(24(26)30)15-18-10-6-7-11-20(18)31-2/h3-13H,14-16H2,1-2H3. The maximum atomic E-state index is 13.3. The van der Waals surface area contributed by atoms with E-state index in [1.54, 1.807) is 36.6 Å². The van der Waals surface area contributed by atoms with Crippen molar-refractivity contribution in [3.8, 4) is 5.75 Å². The number of carbonyl (C=O) groups excluding carboxylic acids is 1. The topological polar surface area (TPSA) is 73.5 Å². The summed E-state index contributed by atoms with van der Waals surface area (Å²) in [4.78, 5) is 40.9. The lowest BCUT2D eigenvalue weighted by Crippen LogP contribution is -2.42. The minimum absolute atomic E-state index is 0.0591. The van der Waals surface area contributed by atoms with Gasteiger partial charge in [-0.3, -0.25) is 18.7 Å². The number of hydrogen-bond donors (Lipinski definition) is 0. The molecule has 0 atom stereocenters. The summed E-state index contributed by atoms with van der Waals surface area (Å²) < 4.78 is 8.36. The van der Waals surface area contributed by atoms with E-state index in [1.165, 1.54) is 20.5 Å². The quantitative estimate of drug-likeness (QED) is 0.435. The normalized spacial score (nSPS) is 10.9. The Kier molecular flexibility index (Phi) is 6.23. The summed E-state index contributed by atoms with van der Waals surface area (Å²) >= 11 is 1.26. The van der Waals surface area contributed by atoms with Crippen molar-refractivity contribution in [2.24, 2.45) is 0 Å². The van der Waals surface area contributed by atoms with Gasteiger partial charge in [-0.2, -0.15) is 0 Å². The van der Waals surface area contributed by atoms with E-state index >= 15 is 0 Å². The van der Waals surface area contributed by atoms with Crippen molar-refractivity contribution in [1.29, 1.82) is 0 Å². The summed E-state index contributed by atoms with van der Waals surface area (Å²) in [5.41, 5.74) is 1.30. The Morgan fingerprint density at radius 3 is 2.47 bits per heavy atom. The van der Waals surface area contributed by atoms with Gasteiger partial charge in [0.05, 0.1) is 19.2 Å². The van der Waals surface area contributed by atoms with Crippen molar-refractivity contribution in [2.75, 3.05) is 14.2 Å². The van der Waals surface area contributed by atoms with Gasteiger partial charge in [0.15, 0.2) is 0 Å². The molecule has 0 unspecified atom stereocenters. The van der Waals surface area contributed by atoms with Gasteiger partial charge in [0.25, 0.3) is 5.56 Å². The number of para-hydroxylation sites is 1. The molecule has 0 aliphatic carbocycles. The van der Waals surface area contributed by atoms with Gasteiger partial charge in [-0.25, -0.2) is 4.79 Å². The molecule has 0 bridgehead atoms. The van der Waals surface area contributed by atoms with Crippen LogP contribution < -0.4 is 16.0 Å². The van der Waals surface area contributed by atoms with Gasteiger partial charge < -0.3 is 9.64 Å². The molecule has 2 aromatic carbocycles. The van der Waals surface area contributed by atoms with Gasteiger partial charge in [-0.05, 0) is 23.1 Å². The van der Waals surface area contributed by atoms with Crippen LogP contribution in [0.1, 0.15) is 11.1 Å². The van der Waals surface area contributed by atoms with Gasteiger partial charge in [0.2, 0.25) is 5.91 Å². The highest BCUT2D eigenvalue weighted by Crippen LogP contribution is 2.19. The number of likely N-dealkylation sites (N-methyl/N-ethyl adjacent to an activating group) is 1. The lowest BCUT2D eigenvalue weighted by atomic mass is 10.2. The Morgan fingerprint density at radius 1 is 1.00 bits per heavy atom. The number of ether oxygens (including phenoxy) is 1. The molecule has 0 fully saturated rings. The van der Waals surface area contributed by atoms with E-state index < -0.39 is 5.69 Å². The van der Waals surface area contributed by atoms with Crippen molar-refractivity contribution < 1.29 is 9.53 Å². The summed E-state index contributed by atoms with van der Waals surface area (Å²) in [6, 6.07) is 18.6. The third kappa shape index (κ3) is 4.22. The molecule has 2 heterocycles. The van der Waals surface area contributed by atoms with Gasteiger partial charge in [-0.1, -0.05) is 48.5 Å². The molecule has 2 aromatic heterocycles. The second kappa shape index (κ2) is 9.23. The maximum absolute atomic E-state index is 13.3. The summed E-state index contributed by atoms with van der Waals surface area (Å²) in [7, 11) is 3.25. The highest BCUT2D eigenvalue weighted by atomic mass is 32.1. The zero-order chi connectivity index (χ0) is 22.7. The van der Waals surface area contributed by atoms with Gasteiger partial charge in [0, 0.05) is 19.2 Å². The van der Waals surface area contributed by atoms with E-state index in [4.69, 9.17) is 4.74 Å². The molecule has 0 spiro atoms. The largest absolute Gasteiger partial charge is 0.496 e. The Labute approximate surface area is 188 Å². The molecule has 8 heteroatoms. The van der Waals surface area contributed by atoms with Gasteiger partial charge >= 0.3 is 5.69 Å². The fourth-order valence-electron chi connectivity index (χ4n) is 3.63. The predicted molar refractivity (Wildman–Crippen MR) is 125 cm³/mol. The number of methoxy groups -OCH3 is 1. The van der Waals surface area contributed by atoms with E-state index in [0.29, 0.717) is 28.1 Å². The van der Waals surface area contributed by atoms with Crippen LogP contribution in [0.5, 0.6) is 5.75 Å². The van der Waals surface area contributed by atoms with Crippen LogP contribution >= 0.6 is 11.3 Å². The summed E-state index contributed by atoms with van der Waals surface area (Å²) in [5, 5.41) is 1.76. The fourth-order valence-corrected chi connectivity index (χ4v) is 4.47. The van der Waals surface area contributed by atoms with E-state index in [9.17, 15) is 14.4 Å². The average molecular weight is 450 g/mol. The van der Waals surface area contributed by atoms with Gasteiger partial charge in [0.1, 0.15) is 17.0 Å². The van der Waals surface area contributed by atoms with Crippen LogP contribution in [0.4, 0.5) is 0 Å². The number of nitrogens with zero attached hydrogens (tertiary/aromatic N) is 3. The molecule has 164 valence electrons. The first-order chi connectivity index (χ1) is 15.5. The number of thiophene rings is 1. The van der Waals surface area contributed by atoms with Crippen molar-refractivity contribution >= 4 is 27.5 Å². The molecular weight excluding hydrogens is 426 g/mol. The number of aromatic nitrogens is 2. The highest BCUT2D eigenvalue weighted by Gasteiger charge is 2.19. The number of hydrogen-bond acceptors (Lipinski definition) is 5. The van der Waals surface area contributed by atoms with E-state index in [1.807, 2.05) is 48.5 Å². The first kappa shape index (κ1) is 21.6. The lowest BCUT2D eigenvalue weighted by Gasteiger charge is -2.19. The molecule has 4 aromatic rings. The van der Waals surface area contributed by atoms with Crippen molar-refractivity contribution in [1.82, 2.24) is 14.0 Å². The first-order valence-corrected chi connectivity index (χ1v) is 11.0. The van der Waals surface area contributed by atoms with Crippen LogP contribution in [0.15, 0.2) is 75.6 Å². The van der Waals surface area contributed by atoms with Crippen LogP contribution in [0.2, 0.25) is 0 Å². The maximum Gasteiger partial charge on any atom is 0.332 e. The molecule has 0 saturated heterocycles. The molecule has 7 nitrogen and oxygen atoms in total. The average Bonchev–Trinajstić information content (AvgIpc) is 3.30. The third-order valence-corrected chi connectivity index (χ3v) is 6.23. The van der Waals surface area contributed by atoms with Gasteiger partial charge in [-0.15, -0.1) is 11.3 Å². The molecule has 0 aliphatic heterocycles. The van der Waals surface area contributed by atoms with E-state index in [2.05, 4.69) is 0 Å². The van der Waals surface area contributed by atoms with Crippen LogP contribution in [0.3, 0.4) is 0 Å². The zero-order valence-corrected chi connectivity index (χ0v) is 18.7. The van der Waals surface area contributed by atoms with Crippen molar-refractivity contribution in [3.05, 3.63) is 98.0 Å². The van der Waals surface area contributed by atoms with Crippen molar-refractivity contribution in [3.63, 3.8) is 0 Å². The lowest BCUT2D eigenvalue weighted by molar-refractivity contribution is -0.131. The Morgan fingerprint density at radius 2 is 1.72 bits per heavy atom. The summed E-state index contributed by atoms with van der Waals surface area (Å²) in [6.07, 6.45) is 0. The number of fused-ring (bicyclic) bond motifs is 1. The molecule has 1 amide bonds. The predicted octanol–water partition coefficient (Wildman–Crippen LogP) is 2.94. The monoisotopic (exact) mass is 449 g/mol. The molecule has 0 radical (unpaired) electrons. The van der Waals surface area contributed by atoms with Crippen LogP contribution in [0.25, 0.3) is 10.2 Å². The Hall–Kier alpha value is -3.65. The van der Waals surface area contributed by atoms with E-state index in [-0.39, 0.29) is 24.6 Å². The minimum atomic E-state index is -0.520. The second-order valence-electron chi connectivity index (χ2n) is 7.44. The zero-order valence-electron chi connectivity index (χ0n) is 17.9. The first-order valence-electron chi connectivity index (χ1n) is 10.1. The third-order valence-electron chi connectivity index (χ3n) is 5.34. The van der Waals surface area contributed by atoms with Crippen molar-refractivity contribution in [2.45, 2.75) is 19.6 Å². The second-order valence-corrected chi connectivity index (χ2v) is 8.36. The Bertz CT molecular complexity index is 1370. The summed E-state index contributed by atoms with van der Waals surface area (Å²) in [5.74, 6) is 0.376. The molecule has 4 rings (SSSR count).